The molecule has 4 nitrogen and oxygen atoms in total. The fraction of sp³-hybridized carbons (Fsp3) is 0.600. The van der Waals surface area contributed by atoms with Crippen LogP contribution in [0.3, 0.4) is 0 Å². The Bertz CT molecular complexity index is 673. The fourth-order valence-corrected chi connectivity index (χ4v) is 4.25. The van der Waals surface area contributed by atoms with Crippen LogP contribution in [-0.2, 0) is 0 Å². The number of hydrogen-bond donors (Lipinski definition) is 1. The van der Waals surface area contributed by atoms with Crippen LogP contribution in [0, 0.1) is 11.7 Å². The molecule has 1 aromatic carbocycles. The summed E-state index contributed by atoms with van der Waals surface area (Å²) >= 11 is 5.62. The zero-order chi connectivity index (χ0) is 18.7. The summed E-state index contributed by atoms with van der Waals surface area (Å²) in [5.41, 5.74) is 0.978. The van der Waals surface area contributed by atoms with E-state index in [1.165, 1.54) is 38.7 Å². The predicted molar refractivity (Wildman–Crippen MR) is 107 cm³/mol. The monoisotopic (exact) mass is 377 g/mol. The van der Waals surface area contributed by atoms with Gasteiger partial charge in [-0.05, 0) is 56.1 Å². The van der Waals surface area contributed by atoms with E-state index in [1.54, 1.807) is 12.1 Å². The summed E-state index contributed by atoms with van der Waals surface area (Å²) in [6.07, 6.45) is 5.05. The van der Waals surface area contributed by atoms with Crippen LogP contribution in [0.2, 0.25) is 0 Å². The summed E-state index contributed by atoms with van der Waals surface area (Å²) in [5, 5.41) is 4.38. The highest BCUT2D eigenvalue weighted by molar-refractivity contribution is 7.80. The van der Waals surface area contributed by atoms with E-state index in [-0.39, 0.29) is 11.6 Å². The molecule has 6 heteroatoms. The Kier molecular flexibility index (Phi) is 6.12. The molecule has 1 aromatic rings. The van der Waals surface area contributed by atoms with Gasteiger partial charge in [0.05, 0.1) is 5.69 Å². The van der Waals surface area contributed by atoms with Crippen molar-refractivity contribution in [2.45, 2.75) is 45.6 Å². The Hall–Kier alpha value is -1.69. The van der Waals surface area contributed by atoms with E-state index in [2.05, 4.69) is 17.1 Å². The maximum absolute atomic E-state index is 14.4. The number of Topliss-reactive ketones (excluding diaryl/α,β-unsaturated/α-hetero) is 1. The van der Waals surface area contributed by atoms with E-state index in [0.29, 0.717) is 23.2 Å². The van der Waals surface area contributed by atoms with Gasteiger partial charge in [0.1, 0.15) is 5.82 Å². The molecule has 1 N–H and O–H groups in total. The average molecular weight is 378 g/mol. The van der Waals surface area contributed by atoms with Crippen molar-refractivity contribution in [2.75, 3.05) is 31.1 Å². The van der Waals surface area contributed by atoms with Crippen molar-refractivity contribution in [1.82, 2.24) is 10.2 Å². The molecule has 26 heavy (non-hydrogen) atoms. The Morgan fingerprint density at radius 2 is 1.88 bits per heavy atom. The minimum atomic E-state index is -0.331. The standard InChI is InChI=1S/C20H28FN3OS/c1-14-5-3-4-6-18(14)22-20(26)24-11-9-23(10-12-24)19-8-7-16(15(2)25)13-17(19)21/h7-8,13-14,18H,3-6,9-12H2,1-2H3,(H,22,26)/t14-,18-/m0/s1. The average Bonchev–Trinajstić information content (AvgIpc) is 2.63. The molecule has 0 bridgehead atoms. The molecule has 2 atom stereocenters. The van der Waals surface area contributed by atoms with Crippen LogP contribution in [0.15, 0.2) is 18.2 Å². The van der Waals surface area contributed by atoms with E-state index < -0.39 is 0 Å². The predicted octanol–water partition coefficient (Wildman–Crippen LogP) is 3.60. The maximum Gasteiger partial charge on any atom is 0.169 e. The minimum absolute atomic E-state index is 0.117. The second-order valence-corrected chi connectivity index (χ2v) is 7.90. The van der Waals surface area contributed by atoms with Gasteiger partial charge in [-0.3, -0.25) is 4.79 Å². The van der Waals surface area contributed by atoms with E-state index >= 15 is 0 Å². The third-order valence-electron chi connectivity index (χ3n) is 5.68. The Labute approximate surface area is 160 Å². The lowest BCUT2D eigenvalue weighted by Crippen LogP contribution is -2.54. The second kappa shape index (κ2) is 8.33. The van der Waals surface area contributed by atoms with Crippen LogP contribution < -0.4 is 10.2 Å². The molecule has 2 aliphatic rings. The number of anilines is 1. The summed E-state index contributed by atoms with van der Waals surface area (Å²) in [4.78, 5) is 15.6. The molecule has 1 heterocycles. The third kappa shape index (κ3) is 4.34. The third-order valence-corrected chi connectivity index (χ3v) is 6.06. The first-order chi connectivity index (χ1) is 12.5. The molecule has 0 spiro atoms. The first-order valence-corrected chi connectivity index (χ1v) is 9.97. The van der Waals surface area contributed by atoms with E-state index in [9.17, 15) is 9.18 Å². The van der Waals surface area contributed by atoms with Gasteiger partial charge >= 0.3 is 0 Å². The van der Waals surface area contributed by atoms with Crippen LogP contribution in [0.25, 0.3) is 0 Å². The largest absolute Gasteiger partial charge is 0.366 e. The molecule has 0 amide bonds. The first kappa shape index (κ1) is 19.1. The number of carbonyl (C=O) groups is 1. The van der Waals surface area contributed by atoms with Crippen molar-refractivity contribution >= 4 is 28.8 Å². The lowest BCUT2D eigenvalue weighted by molar-refractivity contribution is 0.101. The topological polar surface area (TPSA) is 35.6 Å². The molecular formula is C20H28FN3OS. The molecule has 142 valence electrons. The van der Waals surface area contributed by atoms with Crippen LogP contribution in [0.5, 0.6) is 0 Å². The van der Waals surface area contributed by atoms with E-state index in [4.69, 9.17) is 12.2 Å². The van der Waals surface area contributed by atoms with E-state index in [0.717, 1.165) is 31.3 Å². The van der Waals surface area contributed by atoms with Crippen molar-refractivity contribution in [2.24, 2.45) is 5.92 Å². The molecule has 3 rings (SSSR count). The molecule has 0 aromatic heterocycles. The SMILES string of the molecule is CC(=O)c1ccc(N2CCN(C(=S)N[C@H]3CCCC[C@@H]3C)CC2)c(F)c1. The van der Waals surface area contributed by atoms with Gasteiger partial charge in [0.25, 0.3) is 0 Å². The normalized spacial score (nSPS) is 23.7. The second-order valence-electron chi connectivity index (χ2n) is 7.51. The Morgan fingerprint density at radius 1 is 1.19 bits per heavy atom. The number of rotatable bonds is 3. The molecule has 1 saturated heterocycles. The maximum atomic E-state index is 14.4. The lowest BCUT2D eigenvalue weighted by atomic mass is 9.86. The number of nitrogens with zero attached hydrogens (tertiary/aromatic N) is 2. The molecule has 0 radical (unpaired) electrons. The smallest absolute Gasteiger partial charge is 0.169 e. The van der Waals surface area contributed by atoms with E-state index in [1.807, 2.05) is 4.90 Å². The lowest BCUT2D eigenvalue weighted by Gasteiger charge is -2.39. The number of thiocarbonyl (C=S) groups is 1. The van der Waals surface area contributed by atoms with Gasteiger partial charge in [-0.15, -0.1) is 0 Å². The van der Waals surface area contributed by atoms with Crippen molar-refractivity contribution in [3.63, 3.8) is 0 Å². The number of piperazine rings is 1. The first-order valence-electron chi connectivity index (χ1n) is 9.56. The Morgan fingerprint density at radius 3 is 2.50 bits per heavy atom. The number of carbonyl (C=O) groups excluding carboxylic acids is 1. The van der Waals surface area contributed by atoms with Crippen molar-refractivity contribution < 1.29 is 9.18 Å². The van der Waals surface area contributed by atoms with Gasteiger partial charge in [-0.1, -0.05) is 19.8 Å². The van der Waals surface area contributed by atoms with Gasteiger partial charge in [0.2, 0.25) is 0 Å². The highest BCUT2D eigenvalue weighted by Gasteiger charge is 2.26. The van der Waals surface area contributed by atoms with Gasteiger partial charge in [0.15, 0.2) is 10.9 Å². The van der Waals surface area contributed by atoms with Gasteiger partial charge in [-0.25, -0.2) is 4.39 Å². The quantitative estimate of drug-likeness (QED) is 0.643. The Balaban J connectivity index is 1.55. The number of halogens is 1. The number of hydrogen-bond acceptors (Lipinski definition) is 3. The van der Waals surface area contributed by atoms with Crippen LogP contribution in [-0.4, -0.2) is 48.0 Å². The molecule has 1 aliphatic carbocycles. The van der Waals surface area contributed by atoms with Crippen LogP contribution >= 0.6 is 12.2 Å². The summed E-state index contributed by atoms with van der Waals surface area (Å²) in [7, 11) is 0. The highest BCUT2D eigenvalue weighted by Crippen LogP contribution is 2.25. The minimum Gasteiger partial charge on any atom is -0.366 e. The summed E-state index contributed by atoms with van der Waals surface area (Å²) in [5.74, 6) is 0.216. The van der Waals surface area contributed by atoms with Crippen molar-refractivity contribution in [3.05, 3.63) is 29.6 Å². The zero-order valence-corrected chi connectivity index (χ0v) is 16.4. The molecular weight excluding hydrogens is 349 g/mol. The highest BCUT2D eigenvalue weighted by atomic mass is 32.1. The summed E-state index contributed by atoms with van der Waals surface area (Å²) in [6, 6.07) is 5.22. The molecule has 1 saturated carbocycles. The summed E-state index contributed by atoms with van der Waals surface area (Å²) in [6.45, 7) is 6.75. The fourth-order valence-electron chi connectivity index (χ4n) is 3.91. The zero-order valence-electron chi connectivity index (χ0n) is 15.6. The van der Waals surface area contributed by atoms with Gasteiger partial charge < -0.3 is 15.1 Å². The van der Waals surface area contributed by atoms with Crippen LogP contribution in [0.4, 0.5) is 10.1 Å². The number of nitrogens with one attached hydrogen (secondary N) is 1. The van der Waals surface area contributed by atoms with Crippen molar-refractivity contribution in [1.29, 1.82) is 0 Å². The number of ketones is 1. The van der Waals surface area contributed by atoms with Gasteiger partial charge in [0, 0.05) is 37.8 Å². The summed E-state index contributed by atoms with van der Waals surface area (Å²) < 4.78 is 14.4. The van der Waals surface area contributed by atoms with Crippen molar-refractivity contribution in [3.8, 4) is 0 Å². The van der Waals surface area contributed by atoms with Gasteiger partial charge in [-0.2, -0.15) is 0 Å². The molecule has 1 aliphatic heterocycles. The van der Waals surface area contributed by atoms with Crippen LogP contribution in [0.1, 0.15) is 49.9 Å². The molecule has 2 fully saturated rings. The number of benzene rings is 1. The molecule has 0 unspecified atom stereocenters.